The molecular formula is C23H26N4O. The Labute approximate surface area is 166 Å². The number of nitrogens with one attached hydrogen (secondary N) is 1. The summed E-state index contributed by atoms with van der Waals surface area (Å²) in [7, 11) is 1.78. The predicted molar refractivity (Wildman–Crippen MR) is 113 cm³/mol. The van der Waals surface area contributed by atoms with Crippen LogP contribution >= 0.6 is 0 Å². The highest BCUT2D eigenvalue weighted by atomic mass is 16.2. The van der Waals surface area contributed by atoms with E-state index >= 15 is 0 Å². The van der Waals surface area contributed by atoms with Crippen LogP contribution in [0.1, 0.15) is 42.4 Å². The van der Waals surface area contributed by atoms with E-state index in [2.05, 4.69) is 42.1 Å². The minimum absolute atomic E-state index is 0.0209. The van der Waals surface area contributed by atoms with Crippen LogP contribution in [-0.4, -0.2) is 27.8 Å². The Morgan fingerprint density at radius 3 is 2.39 bits per heavy atom. The number of hydrogen-bond donors (Lipinski definition) is 1. The van der Waals surface area contributed by atoms with Crippen LogP contribution in [-0.2, 0) is 12.0 Å². The minimum Gasteiger partial charge on any atom is -0.336 e. The molecule has 3 aromatic rings. The first-order chi connectivity index (χ1) is 13.3. The summed E-state index contributed by atoms with van der Waals surface area (Å²) in [5.74, 6) is 0.272. The lowest BCUT2D eigenvalue weighted by Gasteiger charge is -2.23. The second kappa shape index (κ2) is 8.21. The van der Waals surface area contributed by atoms with Gasteiger partial charge in [-0.2, -0.15) is 0 Å². The molecule has 1 amide bonds. The normalized spacial score (nSPS) is 11.1. The van der Waals surface area contributed by atoms with Crippen molar-refractivity contribution in [3.05, 3.63) is 83.7 Å². The molecule has 1 aromatic heterocycles. The lowest BCUT2D eigenvalue weighted by molar-refractivity contribution is 0.0779. The molecule has 0 saturated carbocycles. The van der Waals surface area contributed by atoms with Gasteiger partial charge in [0.1, 0.15) is 5.69 Å². The first kappa shape index (κ1) is 19.5. The van der Waals surface area contributed by atoms with E-state index in [0.29, 0.717) is 18.2 Å². The van der Waals surface area contributed by atoms with Crippen molar-refractivity contribution in [2.75, 3.05) is 12.4 Å². The average Bonchev–Trinajstić information content (AvgIpc) is 2.68. The van der Waals surface area contributed by atoms with Crippen LogP contribution in [0.4, 0.5) is 11.6 Å². The topological polar surface area (TPSA) is 58.1 Å². The molecule has 144 valence electrons. The van der Waals surface area contributed by atoms with Gasteiger partial charge < -0.3 is 10.2 Å². The lowest BCUT2D eigenvalue weighted by Crippen LogP contribution is -2.27. The number of nitrogens with zero attached hydrogens (tertiary/aromatic N) is 3. The average molecular weight is 374 g/mol. The highest BCUT2D eigenvalue weighted by Crippen LogP contribution is 2.30. The Morgan fingerprint density at radius 1 is 1.00 bits per heavy atom. The Kier molecular flexibility index (Phi) is 5.73. The number of hydrogen-bond acceptors (Lipinski definition) is 4. The molecule has 1 N–H and O–H groups in total. The number of para-hydroxylation sites is 1. The van der Waals surface area contributed by atoms with Crippen molar-refractivity contribution in [3.63, 3.8) is 0 Å². The zero-order valence-electron chi connectivity index (χ0n) is 16.8. The molecule has 0 aliphatic carbocycles. The van der Waals surface area contributed by atoms with E-state index in [1.165, 1.54) is 0 Å². The maximum absolute atomic E-state index is 12.8. The summed E-state index contributed by atoms with van der Waals surface area (Å²) in [4.78, 5) is 23.2. The standard InChI is InChI=1S/C23H26N4O/c1-23(2,3)18-12-8-9-13-19(18)25-22-24-15-14-20(26-22)21(28)27(4)16-17-10-6-5-7-11-17/h5-15H,16H2,1-4H3,(H,24,25,26). The van der Waals surface area contributed by atoms with E-state index in [1.54, 1.807) is 24.2 Å². The second-order valence-corrected chi connectivity index (χ2v) is 7.83. The zero-order valence-corrected chi connectivity index (χ0v) is 16.8. The van der Waals surface area contributed by atoms with Crippen LogP contribution in [0.15, 0.2) is 66.9 Å². The Balaban J connectivity index is 1.78. The third-order valence-corrected chi connectivity index (χ3v) is 4.47. The molecule has 28 heavy (non-hydrogen) atoms. The maximum atomic E-state index is 12.8. The summed E-state index contributed by atoms with van der Waals surface area (Å²) in [6, 6.07) is 19.6. The number of anilines is 2. The molecule has 0 saturated heterocycles. The van der Waals surface area contributed by atoms with Crippen LogP contribution in [0.25, 0.3) is 0 Å². The van der Waals surface area contributed by atoms with Gasteiger partial charge in [-0.05, 0) is 28.7 Å². The van der Waals surface area contributed by atoms with Gasteiger partial charge in [-0.25, -0.2) is 9.97 Å². The molecule has 3 rings (SSSR count). The van der Waals surface area contributed by atoms with Gasteiger partial charge >= 0.3 is 0 Å². The molecule has 0 aliphatic heterocycles. The van der Waals surface area contributed by atoms with Crippen molar-refractivity contribution in [1.82, 2.24) is 14.9 Å². The van der Waals surface area contributed by atoms with Gasteiger partial charge in [0, 0.05) is 25.5 Å². The number of aromatic nitrogens is 2. The summed E-state index contributed by atoms with van der Waals surface area (Å²) >= 11 is 0. The molecular weight excluding hydrogens is 348 g/mol. The molecule has 0 aliphatic rings. The van der Waals surface area contributed by atoms with Gasteiger partial charge in [-0.15, -0.1) is 0 Å². The summed E-state index contributed by atoms with van der Waals surface area (Å²) in [5.41, 5.74) is 3.52. The molecule has 0 atom stereocenters. The highest BCUT2D eigenvalue weighted by molar-refractivity contribution is 5.92. The SMILES string of the molecule is CN(Cc1ccccc1)C(=O)c1ccnc(Nc2ccccc2C(C)(C)C)n1. The molecule has 0 spiro atoms. The van der Waals surface area contributed by atoms with Gasteiger partial charge in [0.2, 0.25) is 5.95 Å². The van der Waals surface area contributed by atoms with Crippen molar-refractivity contribution >= 4 is 17.5 Å². The van der Waals surface area contributed by atoms with Gasteiger partial charge in [0.05, 0.1) is 0 Å². The number of carbonyl (C=O) groups excluding carboxylic acids is 1. The Bertz CT molecular complexity index is 948. The number of benzene rings is 2. The molecule has 0 radical (unpaired) electrons. The fraction of sp³-hybridized carbons (Fsp3) is 0.261. The van der Waals surface area contributed by atoms with Gasteiger partial charge in [0.15, 0.2) is 0 Å². The van der Waals surface area contributed by atoms with Crippen LogP contribution in [0.3, 0.4) is 0 Å². The molecule has 0 unspecified atom stereocenters. The molecule has 5 nitrogen and oxygen atoms in total. The van der Waals surface area contributed by atoms with Crippen molar-refractivity contribution in [2.45, 2.75) is 32.7 Å². The smallest absolute Gasteiger partial charge is 0.272 e. The number of carbonyl (C=O) groups is 1. The Morgan fingerprint density at radius 2 is 1.68 bits per heavy atom. The van der Waals surface area contributed by atoms with Crippen LogP contribution < -0.4 is 5.32 Å². The van der Waals surface area contributed by atoms with E-state index in [-0.39, 0.29) is 11.3 Å². The van der Waals surface area contributed by atoms with Crippen molar-refractivity contribution in [3.8, 4) is 0 Å². The fourth-order valence-electron chi connectivity index (χ4n) is 3.03. The van der Waals surface area contributed by atoms with E-state index in [0.717, 1.165) is 16.8 Å². The monoisotopic (exact) mass is 374 g/mol. The van der Waals surface area contributed by atoms with E-state index in [4.69, 9.17) is 0 Å². The van der Waals surface area contributed by atoms with Crippen molar-refractivity contribution in [1.29, 1.82) is 0 Å². The summed E-state index contributed by atoms with van der Waals surface area (Å²) in [6.07, 6.45) is 1.61. The summed E-state index contributed by atoms with van der Waals surface area (Å²) in [5, 5.41) is 3.27. The number of amides is 1. The van der Waals surface area contributed by atoms with Crippen LogP contribution in [0, 0.1) is 0 Å². The number of rotatable bonds is 5. The molecule has 5 heteroatoms. The second-order valence-electron chi connectivity index (χ2n) is 7.83. The highest BCUT2D eigenvalue weighted by Gasteiger charge is 2.19. The van der Waals surface area contributed by atoms with Gasteiger partial charge in [-0.1, -0.05) is 69.3 Å². The van der Waals surface area contributed by atoms with E-state index < -0.39 is 0 Å². The molecule has 0 bridgehead atoms. The lowest BCUT2D eigenvalue weighted by atomic mass is 9.86. The van der Waals surface area contributed by atoms with E-state index in [1.807, 2.05) is 48.5 Å². The molecule has 2 aromatic carbocycles. The fourth-order valence-corrected chi connectivity index (χ4v) is 3.03. The summed E-state index contributed by atoms with van der Waals surface area (Å²) < 4.78 is 0. The third kappa shape index (κ3) is 4.74. The van der Waals surface area contributed by atoms with Gasteiger partial charge in [-0.3, -0.25) is 4.79 Å². The zero-order chi connectivity index (χ0) is 20.1. The predicted octanol–water partition coefficient (Wildman–Crippen LogP) is 4.79. The van der Waals surface area contributed by atoms with Crippen LogP contribution in [0.2, 0.25) is 0 Å². The van der Waals surface area contributed by atoms with Crippen molar-refractivity contribution < 1.29 is 4.79 Å². The minimum atomic E-state index is -0.140. The van der Waals surface area contributed by atoms with Crippen LogP contribution in [0.5, 0.6) is 0 Å². The first-order valence-corrected chi connectivity index (χ1v) is 9.33. The molecule has 0 fully saturated rings. The Hall–Kier alpha value is -3.21. The largest absolute Gasteiger partial charge is 0.336 e. The maximum Gasteiger partial charge on any atom is 0.272 e. The summed E-state index contributed by atoms with van der Waals surface area (Å²) in [6.45, 7) is 7.01. The third-order valence-electron chi connectivity index (χ3n) is 4.47. The van der Waals surface area contributed by atoms with Gasteiger partial charge in [0.25, 0.3) is 5.91 Å². The van der Waals surface area contributed by atoms with E-state index in [9.17, 15) is 4.79 Å². The quantitative estimate of drug-likeness (QED) is 0.697. The first-order valence-electron chi connectivity index (χ1n) is 9.33. The van der Waals surface area contributed by atoms with Crippen molar-refractivity contribution in [2.24, 2.45) is 0 Å². The molecule has 1 heterocycles.